The second kappa shape index (κ2) is 6.10. The standard InChI is InChI=1S/C19H16O4/c20-17-13-19(22,23-15-9-5-2-6-10-15)12-11-16(17)18(21)14-7-3-1-4-8-14/h1-12,20,22H,13H2. The zero-order valence-corrected chi connectivity index (χ0v) is 12.3. The topological polar surface area (TPSA) is 66.8 Å². The number of benzene rings is 2. The van der Waals surface area contributed by atoms with Gasteiger partial charge in [-0.05, 0) is 24.3 Å². The summed E-state index contributed by atoms with van der Waals surface area (Å²) in [6.45, 7) is 0. The number of Topliss-reactive ketones (excluding diaryl/α,β-unsaturated/α-hetero) is 1. The van der Waals surface area contributed by atoms with Gasteiger partial charge in [0.25, 0.3) is 0 Å². The number of para-hydroxylation sites is 1. The molecule has 0 heterocycles. The number of carbonyl (C=O) groups excluding carboxylic acids is 1. The number of aliphatic hydroxyl groups is 2. The van der Waals surface area contributed by atoms with Crippen LogP contribution in [0.4, 0.5) is 0 Å². The Balaban J connectivity index is 1.80. The van der Waals surface area contributed by atoms with E-state index in [2.05, 4.69) is 0 Å². The van der Waals surface area contributed by atoms with Gasteiger partial charge in [-0.25, -0.2) is 0 Å². The first-order valence-electron chi connectivity index (χ1n) is 7.25. The van der Waals surface area contributed by atoms with Crippen LogP contribution >= 0.6 is 0 Å². The summed E-state index contributed by atoms with van der Waals surface area (Å²) in [7, 11) is 0. The molecule has 116 valence electrons. The van der Waals surface area contributed by atoms with E-state index in [1.807, 2.05) is 12.1 Å². The van der Waals surface area contributed by atoms with Gasteiger partial charge in [-0.3, -0.25) is 4.79 Å². The molecule has 0 saturated carbocycles. The molecule has 2 aromatic rings. The molecule has 1 aliphatic rings. The van der Waals surface area contributed by atoms with Gasteiger partial charge in [-0.1, -0.05) is 48.5 Å². The van der Waals surface area contributed by atoms with Crippen LogP contribution in [0.2, 0.25) is 0 Å². The fourth-order valence-electron chi connectivity index (χ4n) is 2.42. The molecule has 0 aliphatic heterocycles. The van der Waals surface area contributed by atoms with Crippen LogP contribution in [-0.2, 0) is 0 Å². The Labute approximate surface area is 134 Å². The molecule has 0 amide bonds. The van der Waals surface area contributed by atoms with Crippen molar-refractivity contribution in [1.29, 1.82) is 0 Å². The summed E-state index contributed by atoms with van der Waals surface area (Å²) >= 11 is 0. The van der Waals surface area contributed by atoms with Gasteiger partial charge < -0.3 is 14.9 Å². The molecule has 4 heteroatoms. The molecule has 0 aromatic heterocycles. The summed E-state index contributed by atoms with van der Waals surface area (Å²) in [5.74, 6) is -1.68. The van der Waals surface area contributed by atoms with Crippen molar-refractivity contribution in [1.82, 2.24) is 0 Å². The van der Waals surface area contributed by atoms with E-state index in [9.17, 15) is 15.0 Å². The molecule has 0 fully saturated rings. The number of allylic oxidation sites excluding steroid dienone is 2. The Morgan fingerprint density at radius 2 is 1.61 bits per heavy atom. The van der Waals surface area contributed by atoms with Crippen molar-refractivity contribution in [3.05, 3.63) is 89.7 Å². The van der Waals surface area contributed by atoms with Crippen LogP contribution < -0.4 is 4.74 Å². The number of ketones is 1. The lowest BCUT2D eigenvalue weighted by molar-refractivity contribution is -0.0997. The lowest BCUT2D eigenvalue weighted by Gasteiger charge is -2.28. The van der Waals surface area contributed by atoms with E-state index in [1.165, 1.54) is 12.2 Å². The summed E-state index contributed by atoms with van der Waals surface area (Å²) in [6.07, 6.45) is 2.60. The van der Waals surface area contributed by atoms with E-state index in [0.717, 1.165) is 0 Å². The average molecular weight is 308 g/mol. The molecule has 1 unspecified atom stereocenters. The monoisotopic (exact) mass is 308 g/mol. The Morgan fingerprint density at radius 1 is 1.00 bits per heavy atom. The zero-order chi connectivity index (χ0) is 16.3. The lowest BCUT2D eigenvalue weighted by atomic mass is 9.94. The van der Waals surface area contributed by atoms with Crippen molar-refractivity contribution in [2.45, 2.75) is 12.2 Å². The fraction of sp³-hybridized carbons (Fsp3) is 0.105. The van der Waals surface area contributed by atoms with E-state index in [0.29, 0.717) is 11.3 Å². The maximum atomic E-state index is 12.4. The van der Waals surface area contributed by atoms with Gasteiger partial charge >= 0.3 is 0 Å². The van der Waals surface area contributed by atoms with Crippen LogP contribution in [0, 0.1) is 0 Å². The van der Waals surface area contributed by atoms with Crippen molar-refractivity contribution in [3.63, 3.8) is 0 Å². The molecule has 2 N–H and O–H groups in total. The largest absolute Gasteiger partial charge is 0.511 e. The van der Waals surface area contributed by atoms with Gasteiger partial charge in [0.1, 0.15) is 11.5 Å². The Kier molecular flexibility index (Phi) is 4.00. The van der Waals surface area contributed by atoms with Crippen LogP contribution in [-0.4, -0.2) is 21.8 Å². The molecule has 2 aromatic carbocycles. The molecular weight excluding hydrogens is 292 g/mol. The third kappa shape index (κ3) is 3.33. The van der Waals surface area contributed by atoms with Gasteiger partial charge in [0.15, 0.2) is 5.78 Å². The summed E-state index contributed by atoms with van der Waals surface area (Å²) in [5.41, 5.74) is 0.644. The van der Waals surface area contributed by atoms with Crippen molar-refractivity contribution >= 4 is 5.78 Å². The van der Waals surface area contributed by atoms with Crippen molar-refractivity contribution in [3.8, 4) is 5.75 Å². The Hall–Kier alpha value is -2.85. The van der Waals surface area contributed by atoms with Crippen LogP contribution in [0.3, 0.4) is 0 Å². The molecule has 4 nitrogen and oxygen atoms in total. The summed E-state index contributed by atoms with van der Waals surface area (Å²) in [5, 5.41) is 20.6. The molecule has 1 atom stereocenters. The normalized spacial score (nSPS) is 20.4. The maximum absolute atomic E-state index is 12.4. The quantitative estimate of drug-likeness (QED) is 0.671. The first kappa shape index (κ1) is 15.1. The third-order valence-corrected chi connectivity index (χ3v) is 3.56. The first-order valence-corrected chi connectivity index (χ1v) is 7.25. The number of rotatable bonds is 4. The molecule has 0 spiro atoms. The third-order valence-electron chi connectivity index (χ3n) is 3.56. The van der Waals surface area contributed by atoms with Gasteiger partial charge in [0.05, 0.1) is 12.0 Å². The molecule has 3 rings (SSSR count). The second-order valence-electron chi connectivity index (χ2n) is 5.33. The molecular formula is C19H16O4. The minimum absolute atomic E-state index is 0.164. The predicted molar refractivity (Wildman–Crippen MR) is 86.2 cm³/mol. The first-order chi connectivity index (χ1) is 11.1. The SMILES string of the molecule is O=C(C1=C(O)CC(O)(Oc2ccccc2)C=C1)c1ccccc1. The van der Waals surface area contributed by atoms with Crippen molar-refractivity contribution in [2.75, 3.05) is 0 Å². The highest BCUT2D eigenvalue weighted by Crippen LogP contribution is 2.30. The number of hydrogen-bond acceptors (Lipinski definition) is 4. The predicted octanol–water partition coefficient (Wildman–Crippen LogP) is 3.41. The highest BCUT2D eigenvalue weighted by molar-refractivity contribution is 6.11. The summed E-state index contributed by atoms with van der Waals surface area (Å²) in [6, 6.07) is 17.5. The Bertz CT molecular complexity index is 762. The molecule has 0 saturated heterocycles. The van der Waals surface area contributed by atoms with Crippen LogP contribution in [0.15, 0.2) is 84.1 Å². The van der Waals surface area contributed by atoms with E-state index < -0.39 is 5.79 Å². The number of carbonyl (C=O) groups is 1. The average Bonchev–Trinajstić information content (AvgIpc) is 2.56. The number of ether oxygens (including phenoxy) is 1. The maximum Gasteiger partial charge on any atom is 0.235 e. The second-order valence-corrected chi connectivity index (χ2v) is 5.33. The molecule has 1 aliphatic carbocycles. The highest BCUT2D eigenvalue weighted by Gasteiger charge is 2.33. The highest BCUT2D eigenvalue weighted by atomic mass is 16.6. The smallest absolute Gasteiger partial charge is 0.235 e. The van der Waals surface area contributed by atoms with Crippen LogP contribution in [0.5, 0.6) is 5.75 Å². The van der Waals surface area contributed by atoms with E-state index >= 15 is 0 Å². The summed E-state index contributed by atoms with van der Waals surface area (Å²) < 4.78 is 5.51. The van der Waals surface area contributed by atoms with E-state index in [4.69, 9.17) is 4.74 Å². The van der Waals surface area contributed by atoms with Crippen molar-refractivity contribution in [2.24, 2.45) is 0 Å². The summed E-state index contributed by atoms with van der Waals surface area (Å²) in [4.78, 5) is 12.4. The van der Waals surface area contributed by atoms with E-state index in [-0.39, 0.29) is 23.5 Å². The molecule has 0 radical (unpaired) electrons. The van der Waals surface area contributed by atoms with Crippen LogP contribution in [0.1, 0.15) is 16.8 Å². The molecule has 23 heavy (non-hydrogen) atoms. The van der Waals surface area contributed by atoms with Crippen molar-refractivity contribution < 1.29 is 19.7 Å². The van der Waals surface area contributed by atoms with Gasteiger partial charge in [0.2, 0.25) is 5.79 Å². The minimum atomic E-state index is -1.67. The molecule has 0 bridgehead atoms. The fourth-order valence-corrected chi connectivity index (χ4v) is 2.42. The number of aliphatic hydroxyl groups excluding tert-OH is 1. The van der Waals surface area contributed by atoms with E-state index in [1.54, 1.807) is 48.5 Å². The van der Waals surface area contributed by atoms with Crippen LogP contribution in [0.25, 0.3) is 0 Å². The van der Waals surface area contributed by atoms with Gasteiger partial charge in [-0.2, -0.15) is 0 Å². The number of hydrogen-bond donors (Lipinski definition) is 2. The zero-order valence-electron chi connectivity index (χ0n) is 12.3. The Morgan fingerprint density at radius 3 is 2.22 bits per heavy atom. The lowest BCUT2D eigenvalue weighted by Crippen LogP contribution is -2.36. The minimum Gasteiger partial charge on any atom is -0.511 e. The van der Waals surface area contributed by atoms with Gasteiger partial charge in [-0.15, -0.1) is 0 Å². The van der Waals surface area contributed by atoms with Gasteiger partial charge in [0, 0.05) is 5.56 Å².